The number of aromatic nitrogens is 2. The predicted molar refractivity (Wildman–Crippen MR) is 61.1 cm³/mol. The number of hydrazine groups is 1. The lowest BCUT2D eigenvalue weighted by Gasteiger charge is -2.17. The van der Waals surface area contributed by atoms with Crippen LogP contribution in [-0.2, 0) is 0 Å². The first kappa shape index (κ1) is 12.1. The Labute approximate surface area is 91.3 Å². The monoisotopic (exact) mass is 208 g/mol. The van der Waals surface area contributed by atoms with E-state index in [9.17, 15) is 0 Å². The van der Waals surface area contributed by atoms with Crippen molar-refractivity contribution in [1.82, 2.24) is 15.6 Å². The number of hydrogen-bond donors (Lipinski definition) is 2. The molecule has 0 aromatic carbocycles. The van der Waals surface area contributed by atoms with Crippen LogP contribution < -0.4 is 11.3 Å². The van der Waals surface area contributed by atoms with E-state index in [0.717, 1.165) is 24.2 Å². The molecular formula is C11H20N4. The van der Waals surface area contributed by atoms with Crippen LogP contribution >= 0.6 is 0 Å². The smallest absolute Gasteiger partial charge is 0.0648 e. The lowest BCUT2D eigenvalue weighted by atomic mass is 10.0. The Balaban J connectivity index is 2.85. The highest BCUT2D eigenvalue weighted by molar-refractivity contribution is 5.23. The minimum absolute atomic E-state index is 0.194. The highest BCUT2D eigenvalue weighted by Crippen LogP contribution is 2.20. The summed E-state index contributed by atoms with van der Waals surface area (Å²) in [7, 11) is 0. The summed E-state index contributed by atoms with van der Waals surface area (Å²) in [4.78, 5) is 0. The van der Waals surface area contributed by atoms with Crippen LogP contribution in [0.4, 0.5) is 0 Å². The number of nitrogens with two attached hydrogens (primary N) is 1. The van der Waals surface area contributed by atoms with Gasteiger partial charge in [0.15, 0.2) is 0 Å². The number of unbranched alkanes of at least 4 members (excludes halogenated alkanes) is 1. The average Bonchev–Trinajstić information content (AvgIpc) is 2.24. The van der Waals surface area contributed by atoms with Gasteiger partial charge in [-0.25, -0.2) is 0 Å². The maximum Gasteiger partial charge on any atom is 0.0648 e. The van der Waals surface area contributed by atoms with E-state index >= 15 is 0 Å². The Morgan fingerprint density at radius 3 is 2.73 bits per heavy atom. The zero-order valence-corrected chi connectivity index (χ0v) is 9.75. The van der Waals surface area contributed by atoms with Crippen LogP contribution in [0, 0.1) is 13.8 Å². The van der Waals surface area contributed by atoms with Crippen molar-refractivity contribution in [2.75, 3.05) is 0 Å². The molecule has 4 nitrogen and oxygen atoms in total. The highest BCUT2D eigenvalue weighted by Gasteiger charge is 2.12. The van der Waals surface area contributed by atoms with Crippen molar-refractivity contribution in [3.63, 3.8) is 0 Å². The van der Waals surface area contributed by atoms with Gasteiger partial charge in [0.2, 0.25) is 0 Å². The quantitative estimate of drug-likeness (QED) is 0.572. The third-order valence-corrected chi connectivity index (χ3v) is 2.56. The molecule has 0 radical (unpaired) electrons. The van der Waals surface area contributed by atoms with Gasteiger partial charge in [-0.3, -0.25) is 11.3 Å². The summed E-state index contributed by atoms with van der Waals surface area (Å²) in [6.07, 6.45) is 3.38. The third kappa shape index (κ3) is 3.25. The van der Waals surface area contributed by atoms with Gasteiger partial charge < -0.3 is 0 Å². The minimum atomic E-state index is 0.194. The zero-order valence-electron chi connectivity index (χ0n) is 9.75. The minimum Gasteiger partial charge on any atom is -0.271 e. The summed E-state index contributed by atoms with van der Waals surface area (Å²) in [6.45, 7) is 6.10. The van der Waals surface area contributed by atoms with E-state index in [1.165, 1.54) is 12.0 Å². The SMILES string of the molecule is CCCCC(NN)c1cc(C)nnc1C. The Bertz CT molecular complexity index is 311. The number of nitrogens with zero attached hydrogens (tertiary/aromatic N) is 2. The Morgan fingerprint density at radius 2 is 2.13 bits per heavy atom. The van der Waals surface area contributed by atoms with Crippen molar-refractivity contribution in [3.8, 4) is 0 Å². The van der Waals surface area contributed by atoms with Crippen molar-refractivity contribution in [3.05, 3.63) is 23.0 Å². The van der Waals surface area contributed by atoms with Gasteiger partial charge in [0, 0.05) is 6.04 Å². The molecule has 84 valence electrons. The van der Waals surface area contributed by atoms with Gasteiger partial charge in [0.25, 0.3) is 0 Å². The predicted octanol–water partition coefficient (Wildman–Crippen LogP) is 1.79. The highest BCUT2D eigenvalue weighted by atomic mass is 15.2. The molecule has 0 aliphatic carbocycles. The number of nitrogens with one attached hydrogen (secondary N) is 1. The topological polar surface area (TPSA) is 63.8 Å². The van der Waals surface area contributed by atoms with Gasteiger partial charge in [-0.2, -0.15) is 10.2 Å². The van der Waals surface area contributed by atoms with Gasteiger partial charge in [-0.1, -0.05) is 19.8 Å². The fourth-order valence-corrected chi connectivity index (χ4v) is 1.66. The molecule has 0 aliphatic rings. The van der Waals surface area contributed by atoms with Crippen LogP contribution in [0.2, 0.25) is 0 Å². The second-order valence-electron chi connectivity index (χ2n) is 3.89. The van der Waals surface area contributed by atoms with E-state index in [4.69, 9.17) is 5.84 Å². The van der Waals surface area contributed by atoms with Gasteiger partial charge in [0.05, 0.1) is 11.4 Å². The maximum absolute atomic E-state index is 5.57. The molecule has 4 heteroatoms. The second kappa shape index (κ2) is 5.78. The first-order valence-electron chi connectivity index (χ1n) is 5.46. The van der Waals surface area contributed by atoms with Crippen molar-refractivity contribution in [2.45, 2.75) is 46.1 Å². The molecule has 15 heavy (non-hydrogen) atoms. The molecule has 0 saturated carbocycles. The molecule has 0 aliphatic heterocycles. The first-order valence-corrected chi connectivity index (χ1v) is 5.46. The normalized spacial score (nSPS) is 12.8. The van der Waals surface area contributed by atoms with Crippen molar-refractivity contribution in [2.24, 2.45) is 5.84 Å². The summed E-state index contributed by atoms with van der Waals surface area (Å²) >= 11 is 0. The molecule has 0 spiro atoms. The molecule has 3 N–H and O–H groups in total. The van der Waals surface area contributed by atoms with Crippen molar-refractivity contribution < 1.29 is 0 Å². The van der Waals surface area contributed by atoms with Gasteiger partial charge in [0.1, 0.15) is 0 Å². The lowest BCUT2D eigenvalue weighted by Crippen LogP contribution is -2.29. The molecule has 0 bridgehead atoms. The average molecular weight is 208 g/mol. The van der Waals surface area contributed by atoms with Gasteiger partial charge in [-0.15, -0.1) is 0 Å². The first-order chi connectivity index (χ1) is 7.19. The van der Waals surface area contributed by atoms with Gasteiger partial charge in [-0.05, 0) is 31.9 Å². The Hall–Kier alpha value is -1.00. The second-order valence-corrected chi connectivity index (χ2v) is 3.89. The lowest BCUT2D eigenvalue weighted by molar-refractivity contribution is 0.490. The maximum atomic E-state index is 5.57. The van der Waals surface area contributed by atoms with Crippen LogP contribution in [0.15, 0.2) is 6.07 Å². The van der Waals surface area contributed by atoms with E-state index in [1.807, 2.05) is 13.8 Å². The molecule has 1 aromatic rings. The molecule has 0 amide bonds. The zero-order chi connectivity index (χ0) is 11.3. The van der Waals surface area contributed by atoms with E-state index in [1.54, 1.807) is 0 Å². The van der Waals surface area contributed by atoms with Crippen LogP contribution in [0.5, 0.6) is 0 Å². The van der Waals surface area contributed by atoms with Crippen molar-refractivity contribution >= 4 is 0 Å². The fraction of sp³-hybridized carbons (Fsp3) is 0.636. The molecule has 1 heterocycles. The van der Waals surface area contributed by atoms with Crippen LogP contribution in [0.3, 0.4) is 0 Å². The molecule has 1 aromatic heterocycles. The molecule has 0 saturated heterocycles. The largest absolute Gasteiger partial charge is 0.271 e. The number of aryl methyl sites for hydroxylation is 2. The van der Waals surface area contributed by atoms with E-state index in [2.05, 4.69) is 28.6 Å². The van der Waals surface area contributed by atoms with Gasteiger partial charge >= 0.3 is 0 Å². The molecule has 1 unspecified atom stereocenters. The van der Waals surface area contributed by atoms with Crippen LogP contribution in [0.1, 0.15) is 49.2 Å². The fourth-order valence-electron chi connectivity index (χ4n) is 1.66. The summed E-state index contributed by atoms with van der Waals surface area (Å²) in [6, 6.07) is 2.25. The van der Waals surface area contributed by atoms with E-state index < -0.39 is 0 Å². The van der Waals surface area contributed by atoms with Crippen LogP contribution in [-0.4, -0.2) is 10.2 Å². The molecule has 0 fully saturated rings. The Kier molecular flexibility index (Phi) is 4.65. The standard InChI is InChI=1S/C11H20N4/c1-4-5-6-11(13-12)10-7-8(2)14-15-9(10)3/h7,11,13H,4-6,12H2,1-3H3. The molecule has 1 rings (SSSR count). The number of rotatable bonds is 5. The van der Waals surface area contributed by atoms with Crippen molar-refractivity contribution in [1.29, 1.82) is 0 Å². The van der Waals surface area contributed by atoms with Crippen LogP contribution in [0.25, 0.3) is 0 Å². The summed E-state index contributed by atoms with van der Waals surface area (Å²) < 4.78 is 0. The summed E-state index contributed by atoms with van der Waals surface area (Å²) in [5.74, 6) is 5.57. The summed E-state index contributed by atoms with van der Waals surface area (Å²) in [5.41, 5.74) is 5.91. The van der Waals surface area contributed by atoms with E-state index in [0.29, 0.717) is 0 Å². The summed E-state index contributed by atoms with van der Waals surface area (Å²) in [5, 5.41) is 8.13. The molecular weight excluding hydrogens is 188 g/mol. The molecule has 1 atom stereocenters. The Morgan fingerprint density at radius 1 is 1.40 bits per heavy atom. The third-order valence-electron chi connectivity index (χ3n) is 2.56. The van der Waals surface area contributed by atoms with E-state index in [-0.39, 0.29) is 6.04 Å². The number of hydrogen-bond acceptors (Lipinski definition) is 4.